The second-order valence-corrected chi connectivity index (χ2v) is 9.79. The van der Waals surface area contributed by atoms with Crippen LogP contribution in [-0.4, -0.2) is 25.2 Å². The zero-order valence-corrected chi connectivity index (χ0v) is 18.7. The molecule has 2 aliphatic carbocycles. The second-order valence-electron chi connectivity index (χ2n) is 9.79. The fourth-order valence-corrected chi connectivity index (χ4v) is 5.84. The molecule has 2 atom stereocenters. The van der Waals surface area contributed by atoms with Crippen molar-refractivity contribution < 1.29 is 44.9 Å². The Hall–Kier alpha value is -1.71. The fraction of sp³-hybridized carbons (Fsp3) is 0.750. The fourth-order valence-electron chi connectivity index (χ4n) is 5.84. The zero-order chi connectivity index (χ0) is 24.5. The van der Waals surface area contributed by atoms with Gasteiger partial charge in [0.15, 0.2) is 11.6 Å². The average molecular weight is 498 g/mol. The van der Waals surface area contributed by atoms with Gasteiger partial charge in [-0.15, -0.1) is 13.2 Å². The largest absolute Gasteiger partial charge is 0.573 e. The van der Waals surface area contributed by atoms with Crippen LogP contribution in [0.25, 0.3) is 0 Å². The molecule has 0 bridgehead atoms. The number of halogens is 7. The number of ether oxygens (including phenoxy) is 3. The van der Waals surface area contributed by atoms with E-state index in [-0.39, 0.29) is 37.0 Å². The van der Waals surface area contributed by atoms with Crippen LogP contribution in [0.3, 0.4) is 0 Å². The van der Waals surface area contributed by atoms with Crippen molar-refractivity contribution in [3.63, 3.8) is 0 Å². The molecular formula is C24H29F7O3. The summed E-state index contributed by atoms with van der Waals surface area (Å²) in [4.78, 5) is 0. The van der Waals surface area contributed by atoms with Crippen LogP contribution in [-0.2, 0) is 4.74 Å². The smallest absolute Gasteiger partial charge is 0.432 e. The molecule has 1 aromatic rings. The van der Waals surface area contributed by atoms with Gasteiger partial charge in [0.05, 0.1) is 18.6 Å². The van der Waals surface area contributed by atoms with Crippen molar-refractivity contribution in [1.82, 2.24) is 0 Å². The van der Waals surface area contributed by atoms with Crippen molar-refractivity contribution in [2.45, 2.75) is 82.8 Å². The number of alkyl halides is 5. The number of rotatable bonds is 6. The van der Waals surface area contributed by atoms with Crippen molar-refractivity contribution in [1.29, 1.82) is 0 Å². The third kappa shape index (κ3) is 6.10. The van der Waals surface area contributed by atoms with Crippen molar-refractivity contribution in [2.75, 3.05) is 6.61 Å². The van der Waals surface area contributed by atoms with E-state index in [1.807, 2.05) is 0 Å². The summed E-state index contributed by atoms with van der Waals surface area (Å²) >= 11 is 0. The van der Waals surface area contributed by atoms with Gasteiger partial charge in [0, 0.05) is 12.1 Å². The summed E-state index contributed by atoms with van der Waals surface area (Å²) in [5, 5.41) is 0. The van der Waals surface area contributed by atoms with Crippen molar-refractivity contribution >= 4 is 0 Å². The maximum absolute atomic E-state index is 14.7. The molecule has 0 amide bonds. The van der Waals surface area contributed by atoms with Gasteiger partial charge in [-0.05, 0) is 56.3 Å². The predicted molar refractivity (Wildman–Crippen MR) is 108 cm³/mol. The summed E-state index contributed by atoms with van der Waals surface area (Å²) in [5.41, 5.74) is 0. The first-order valence-electron chi connectivity index (χ1n) is 11.9. The van der Waals surface area contributed by atoms with Gasteiger partial charge >= 0.3 is 12.5 Å². The Morgan fingerprint density at radius 2 is 1.29 bits per heavy atom. The minimum atomic E-state index is -5.33. The lowest BCUT2D eigenvalue weighted by atomic mass is 9.75. The van der Waals surface area contributed by atoms with Gasteiger partial charge in [-0.3, -0.25) is 0 Å². The Bertz CT molecular complexity index is 799. The van der Waals surface area contributed by atoms with Crippen molar-refractivity contribution in [3.8, 4) is 11.5 Å². The van der Waals surface area contributed by atoms with Crippen molar-refractivity contribution in [3.05, 3.63) is 23.8 Å². The molecule has 3 fully saturated rings. The highest BCUT2D eigenvalue weighted by atomic mass is 19.4. The molecule has 1 heterocycles. The summed E-state index contributed by atoms with van der Waals surface area (Å²) in [5.74, 6) is -5.81. The van der Waals surface area contributed by atoms with E-state index >= 15 is 0 Å². The Morgan fingerprint density at radius 1 is 0.706 bits per heavy atom. The summed E-state index contributed by atoms with van der Waals surface area (Å²) in [7, 11) is 0. The first-order chi connectivity index (χ1) is 16.0. The van der Waals surface area contributed by atoms with Crippen LogP contribution >= 0.6 is 0 Å². The SMILES string of the molecule is Fc1cc(OC(F)(F)C2CCC(C3CCC(C4CCCC4)CO3)CC2)cc(F)c1OC(F)(F)F. The minimum Gasteiger partial charge on any atom is -0.432 e. The molecule has 0 spiro atoms. The van der Waals surface area contributed by atoms with Crippen LogP contribution in [0.5, 0.6) is 11.5 Å². The quantitative estimate of drug-likeness (QED) is 0.378. The van der Waals surface area contributed by atoms with E-state index in [4.69, 9.17) is 4.74 Å². The molecule has 10 heteroatoms. The van der Waals surface area contributed by atoms with Crippen LogP contribution < -0.4 is 9.47 Å². The lowest BCUT2D eigenvalue weighted by Crippen LogP contribution is -2.40. The van der Waals surface area contributed by atoms with Crippen LogP contribution in [0.4, 0.5) is 30.7 Å². The van der Waals surface area contributed by atoms with Gasteiger partial charge in [0.25, 0.3) is 0 Å². The Labute approximate surface area is 193 Å². The van der Waals surface area contributed by atoms with E-state index in [9.17, 15) is 30.7 Å². The van der Waals surface area contributed by atoms with Gasteiger partial charge in [-0.1, -0.05) is 25.7 Å². The standard InChI is InChI=1S/C24H29F7O3/c25-19-11-18(12-20(26)22(19)34-24(29,30)31)33-23(27,28)17-8-5-15(6-9-17)21-10-7-16(13-32-21)14-3-1-2-4-14/h11-12,14-17,21H,1-10,13H2. The molecule has 4 rings (SSSR count). The van der Waals surface area contributed by atoms with E-state index in [1.165, 1.54) is 25.7 Å². The van der Waals surface area contributed by atoms with E-state index in [2.05, 4.69) is 9.47 Å². The highest BCUT2D eigenvalue weighted by Crippen LogP contribution is 2.44. The predicted octanol–water partition coefficient (Wildman–Crippen LogP) is 7.63. The molecular weight excluding hydrogens is 469 g/mol. The van der Waals surface area contributed by atoms with Crippen LogP contribution in [0.15, 0.2) is 12.1 Å². The number of hydrogen-bond donors (Lipinski definition) is 0. The summed E-state index contributed by atoms with van der Waals surface area (Å²) in [6.45, 7) is 0.736. The van der Waals surface area contributed by atoms with Gasteiger partial charge in [-0.2, -0.15) is 8.78 Å². The Morgan fingerprint density at radius 3 is 1.82 bits per heavy atom. The summed E-state index contributed by atoms with van der Waals surface area (Å²) in [6.07, 6.45) is -0.448. The van der Waals surface area contributed by atoms with Gasteiger partial charge in [-0.25, -0.2) is 8.78 Å². The minimum absolute atomic E-state index is 0.0671. The summed E-state index contributed by atoms with van der Waals surface area (Å²) in [6, 6.07) is 0.528. The number of hydrogen-bond acceptors (Lipinski definition) is 3. The molecule has 192 valence electrons. The summed E-state index contributed by atoms with van der Waals surface area (Å²) < 4.78 is 108. The van der Waals surface area contributed by atoms with Gasteiger partial charge in [0.2, 0.25) is 5.75 Å². The zero-order valence-electron chi connectivity index (χ0n) is 18.7. The van der Waals surface area contributed by atoms with Crippen LogP contribution in [0.2, 0.25) is 0 Å². The normalized spacial score (nSPS) is 29.3. The molecule has 0 N–H and O–H groups in total. The molecule has 0 radical (unpaired) electrons. The van der Waals surface area contributed by atoms with Crippen LogP contribution in [0.1, 0.15) is 64.2 Å². The molecule has 0 aromatic heterocycles. The van der Waals surface area contributed by atoms with Gasteiger partial charge in [0.1, 0.15) is 5.75 Å². The second kappa shape index (κ2) is 10.1. The molecule has 2 saturated carbocycles. The van der Waals surface area contributed by atoms with E-state index in [1.54, 1.807) is 0 Å². The van der Waals surface area contributed by atoms with Crippen molar-refractivity contribution in [2.24, 2.45) is 23.7 Å². The third-order valence-corrected chi connectivity index (χ3v) is 7.63. The molecule has 1 saturated heterocycles. The molecule has 1 aromatic carbocycles. The topological polar surface area (TPSA) is 27.7 Å². The van der Waals surface area contributed by atoms with E-state index in [0.29, 0.717) is 18.8 Å². The van der Waals surface area contributed by atoms with Gasteiger partial charge < -0.3 is 14.2 Å². The highest BCUT2D eigenvalue weighted by molar-refractivity contribution is 5.35. The average Bonchev–Trinajstić information content (AvgIpc) is 3.31. The molecule has 34 heavy (non-hydrogen) atoms. The van der Waals surface area contributed by atoms with E-state index < -0.39 is 41.5 Å². The molecule has 3 aliphatic rings. The third-order valence-electron chi connectivity index (χ3n) is 7.63. The first kappa shape index (κ1) is 25.4. The monoisotopic (exact) mass is 498 g/mol. The molecule has 1 aliphatic heterocycles. The molecule has 3 nitrogen and oxygen atoms in total. The maximum atomic E-state index is 14.7. The number of benzene rings is 1. The Balaban J connectivity index is 1.29. The lowest BCUT2D eigenvalue weighted by molar-refractivity contribution is -0.276. The molecule has 2 unspecified atom stereocenters. The lowest BCUT2D eigenvalue weighted by Gasteiger charge is -2.40. The van der Waals surface area contributed by atoms with Crippen LogP contribution in [0, 0.1) is 35.3 Å². The van der Waals surface area contributed by atoms with E-state index in [0.717, 1.165) is 25.4 Å². The first-order valence-corrected chi connectivity index (χ1v) is 11.9. The highest BCUT2D eigenvalue weighted by Gasteiger charge is 2.46. The maximum Gasteiger partial charge on any atom is 0.573 e. The Kier molecular flexibility index (Phi) is 7.55.